The van der Waals surface area contributed by atoms with Crippen molar-refractivity contribution in [2.45, 2.75) is 75.7 Å². The van der Waals surface area contributed by atoms with Crippen molar-refractivity contribution in [2.75, 3.05) is 42.7 Å². The van der Waals surface area contributed by atoms with Crippen molar-refractivity contribution in [3.05, 3.63) is 89.0 Å². The molecule has 0 fully saturated rings. The summed E-state index contributed by atoms with van der Waals surface area (Å²) in [7, 11) is 8.55. The SMILES string of the molecule is COc1c(C)c(OC)c(C(=O)Oc2c(C)c(C)c(C(=O)O)c(OC)c2C)c(C)c1Cc1c(C)c(C(=O)Oc2c(C)c(C)c(C(=O)O)c(OC)c2C)c(OC)c(C)c1OC. The Morgan fingerprint density at radius 2 is 0.593 bits per heavy atom. The minimum Gasteiger partial charge on any atom is -0.496 e. The summed E-state index contributed by atoms with van der Waals surface area (Å²) in [6.07, 6.45) is 0.0802. The second-order valence-corrected chi connectivity index (χ2v) is 14.1. The molecule has 4 aromatic rings. The standard InChI is InChI=1S/C45H52O14/c1-18-20(3)34(24(7)38(54-13)30(18)42(46)47)58-44(50)32-22(5)28(36(52-11)26(9)40(32)56-15)17-29-23(6)33(41(57-16)27(10)37(29)53-12)45(51)59-35-21(4)19(2)31(43(48)49)39(55-14)25(35)8/h17H2,1-16H3,(H,46,47)(H,48,49). The van der Waals surface area contributed by atoms with E-state index in [4.69, 9.17) is 37.9 Å². The Bertz CT molecular complexity index is 2250. The quantitative estimate of drug-likeness (QED) is 0.0916. The van der Waals surface area contributed by atoms with E-state index in [9.17, 15) is 29.4 Å². The van der Waals surface area contributed by atoms with Gasteiger partial charge in [0.2, 0.25) is 0 Å². The number of rotatable bonds is 14. The third kappa shape index (κ3) is 7.54. The van der Waals surface area contributed by atoms with Crippen molar-refractivity contribution < 1.29 is 67.3 Å². The number of carbonyl (C=O) groups is 4. The lowest BCUT2D eigenvalue weighted by Crippen LogP contribution is -2.19. The topological polar surface area (TPSA) is 183 Å². The number of hydrogen-bond acceptors (Lipinski definition) is 12. The summed E-state index contributed by atoms with van der Waals surface area (Å²) in [4.78, 5) is 53.1. The van der Waals surface area contributed by atoms with Crippen molar-refractivity contribution >= 4 is 23.9 Å². The fraction of sp³-hybridized carbons (Fsp3) is 0.378. The Morgan fingerprint density at radius 1 is 0.339 bits per heavy atom. The minimum absolute atomic E-state index is 0.0304. The van der Waals surface area contributed by atoms with E-state index in [-0.39, 0.29) is 63.2 Å². The zero-order valence-corrected chi connectivity index (χ0v) is 36.5. The van der Waals surface area contributed by atoms with Gasteiger partial charge in [-0.1, -0.05) is 0 Å². The van der Waals surface area contributed by atoms with Crippen LogP contribution in [0.3, 0.4) is 0 Å². The van der Waals surface area contributed by atoms with Crippen LogP contribution in [0.2, 0.25) is 0 Å². The Hall–Kier alpha value is -6.44. The summed E-state index contributed by atoms with van der Waals surface area (Å²) >= 11 is 0. The van der Waals surface area contributed by atoms with Gasteiger partial charge in [0.05, 0.1) is 42.7 Å². The maximum atomic E-state index is 14.4. The number of carboxylic acid groups (broad SMARTS) is 2. The number of aromatic carboxylic acids is 2. The molecular weight excluding hydrogens is 764 g/mol. The molecule has 0 unspecified atom stereocenters. The van der Waals surface area contributed by atoms with Gasteiger partial charge in [0.25, 0.3) is 0 Å². The van der Waals surface area contributed by atoms with E-state index in [0.717, 1.165) is 0 Å². The number of esters is 2. The molecule has 0 aliphatic rings. The number of methoxy groups -OCH3 is 6. The van der Waals surface area contributed by atoms with Gasteiger partial charge in [0.15, 0.2) is 0 Å². The van der Waals surface area contributed by atoms with Crippen LogP contribution < -0.4 is 37.9 Å². The molecule has 14 nitrogen and oxygen atoms in total. The Labute approximate surface area is 343 Å². The van der Waals surface area contributed by atoms with Crippen LogP contribution in [0, 0.1) is 69.2 Å². The highest BCUT2D eigenvalue weighted by molar-refractivity contribution is 6.00. The summed E-state index contributed by atoms with van der Waals surface area (Å²) in [6, 6.07) is 0. The Balaban J connectivity index is 1.97. The van der Waals surface area contributed by atoms with Gasteiger partial charge in [0.1, 0.15) is 68.2 Å². The molecule has 0 aromatic heterocycles. The van der Waals surface area contributed by atoms with E-state index < -0.39 is 23.9 Å². The molecule has 0 amide bonds. The van der Waals surface area contributed by atoms with Crippen LogP contribution >= 0.6 is 0 Å². The molecule has 0 saturated heterocycles. The summed E-state index contributed by atoms with van der Waals surface area (Å²) in [5.41, 5.74) is 5.43. The van der Waals surface area contributed by atoms with E-state index in [1.54, 1.807) is 69.2 Å². The van der Waals surface area contributed by atoms with Crippen molar-refractivity contribution in [3.63, 3.8) is 0 Å². The molecule has 4 aromatic carbocycles. The van der Waals surface area contributed by atoms with Crippen LogP contribution in [-0.2, 0) is 6.42 Å². The second kappa shape index (κ2) is 17.6. The molecule has 14 heteroatoms. The van der Waals surface area contributed by atoms with E-state index in [1.165, 1.54) is 42.7 Å². The Kier molecular flexibility index (Phi) is 13.5. The number of hydrogen-bond donors (Lipinski definition) is 2. The van der Waals surface area contributed by atoms with Gasteiger partial charge in [-0.3, -0.25) is 0 Å². The van der Waals surface area contributed by atoms with E-state index >= 15 is 0 Å². The van der Waals surface area contributed by atoms with Crippen molar-refractivity contribution in [3.8, 4) is 46.0 Å². The molecule has 0 bridgehead atoms. The van der Waals surface area contributed by atoms with Crippen LogP contribution in [0.1, 0.15) is 108 Å². The van der Waals surface area contributed by atoms with Gasteiger partial charge in [-0.2, -0.15) is 0 Å². The lowest BCUT2D eigenvalue weighted by Gasteiger charge is -2.25. The largest absolute Gasteiger partial charge is 0.496 e. The fourth-order valence-corrected chi connectivity index (χ4v) is 7.99. The first-order valence-corrected chi connectivity index (χ1v) is 18.5. The average molecular weight is 817 g/mol. The zero-order valence-electron chi connectivity index (χ0n) is 36.5. The van der Waals surface area contributed by atoms with Crippen molar-refractivity contribution in [2.24, 2.45) is 0 Å². The monoisotopic (exact) mass is 816 g/mol. The lowest BCUT2D eigenvalue weighted by molar-refractivity contribution is 0.0679. The summed E-state index contributed by atoms with van der Waals surface area (Å²) in [5.74, 6) is -2.22. The normalized spacial score (nSPS) is 10.8. The molecule has 0 heterocycles. The van der Waals surface area contributed by atoms with Crippen molar-refractivity contribution in [1.82, 2.24) is 0 Å². The van der Waals surface area contributed by atoms with Crippen LogP contribution in [0.5, 0.6) is 46.0 Å². The predicted molar refractivity (Wildman–Crippen MR) is 219 cm³/mol. The molecule has 2 N–H and O–H groups in total. The fourth-order valence-electron chi connectivity index (χ4n) is 7.99. The highest BCUT2D eigenvalue weighted by atomic mass is 16.5. The average Bonchev–Trinajstić information content (AvgIpc) is 3.19. The van der Waals surface area contributed by atoms with Gasteiger partial charge in [-0.05, 0) is 103 Å². The highest BCUT2D eigenvalue weighted by Crippen LogP contribution is 2.46. The van der Waals surface area contributed by atoms with Gasteiger partial charge in [0, 0.05) is 39.8 Å². The van der Waals surface area contributed by atoms with Crippen molar-refractivity contribution in [1.29, 1.82) is 0 Å². The first-order valence-electron chi connectivity index (χ1n) is 18.5. The van der Waals surface area contributed by atoms with Crippen LogP contribution in [0.25, 0.3) is 0 Å². The van der Waals surface area contributed by atoms with Gasteiger partial charge >= 0.3 is 23.9 Å². The van der Waals surface area contributed by atoms with Gasteiger partial charge in [-0.15, -0.1) is 0 Å². The molecule has 316 valence electrons. The number of ether oxygens (including phenoxy) is 8. The molecule has 0 aliphatic heterocycles. The molecule has 0 aliphatic carbocycles. The minimum atomic E-state index is -1.18. The highest BCUT2D eigenvalue weighted by Gasteiger charge is 2.34. The van der Waals surface area contributed by atoms with Crippen LogP contribution in [0.15, 0.2) is 0 Å². The third-order valence-electron chi connectivity index (χ3n) is 11.2. The summed E-state index contributed by atoms with van der Waals surface area (Å²) in [6.45, 7) is 16.7. The molecule has 0 radical (unpaired) electrons. The molecular formula is C45H52O14. The smallest absolute Gasteiger partial charge is 0.347 e. The summed E-state index contributed by atoms with van der Waals surface area (Å²) in [5, 5.41) is 19.9. The third-order valence-corrected chi connectivity index (χ3v) is 11.2. The van der Waals surface area contributed by atoms with Gasteiger partial charge in [-0.25, -0.2) is 19.2 Å². The number of benzene rings is 4. The lowest BCUT2D eigenvalue weighted by atomic mass is 9.87. The second-order valence-electron chi connectivity index (χ2n) is 14.1. The molecule has 4 rings (SSSR count). The van der Waals surface area contributed by atoms with E-state index in [0.29, 0.717) is 78.3 Å². The molecule has 0 spiro atoms. The predicted octanol–water partition coefficient (Wildman–Crippen LogP) is 8.25. The van der Waals surface area contributed by atoms with Gasteiger partial charge < -0.3 is 48.1 Å². The van der Waals surface area contributed by atoms with E-state index in [1.807, 2.05) is 0 Å². The van der Waals surface area contributed by atoms with E-state index in [2.05, 4.69) is 0 Å². The molecule has 0 saturated carbocycles. The number of carboxylic acids is 2. The first-order chi connectivity index (χ1) is 27.7. The maximum absolute atomic E-state index is 14.4. The van der Waals surface area contributed by atoms with Crippen LogP contribution in [0.4, 0.5) is 0 Å². The number of carbonyl (C=O) groups excluding carboxylic acids is 2. The first kappa shape index (κ1) is 45.3. The summed E-state index contributed by atoms with van der Waals surface area (Å²) < 4.78 is 46.7. The molecule has 0 atom stereocenters. The Morgan fingerprint density at radius 3 is 0.847 bits per heavy atom. The maximum Gasteiger partial charge on any atom is 0.347 e. The molecule has 59 heavy (non-hydrogen) atoms. The van der Waals surface area contributed by atoms with Crippen LogP contribution in [-0.4, -0.2) is 76.7 Å². The zero-order chi connectivity index (χ0) is 44.5.